The number of aryl methyl sites for hydroxylation is 3. The molecule has 3 heterocycles. The van der Waals surface area contributed by atoms with Crippen molar-refractivity contribution in [3.05, 3.63) is 44.4 Å². The summed E-state index contributed by atoms with van der Waals surface area (Å²) in [4.78, 5) is 30.1. The van der Waals surface area contributed by atoms with Gasteiger partial charge in [-0.15, -0.1) is 0 Å². The second-order valence-electron chi connectivity index (χ2n) is 6.43. The number of hydrogen-bond acceptors (Lipinski definition) is 3. The van der Waals surface area contributed by atoms with Crippen LogP contribution in [-0.4, -0.2) is 23.1 Å². The fourth-order valence-electron chi connectivity index (χ4n) is 3.22. The van der Waals surface area contributed by atoms with Crippen LogP contribution in [0.3, 0.4) is 0 Å². The lowest BCUT2D eigenvalue weighted by atomic mass is 10.3. The first-order valence-corrected chi connectivity index (χ1v) is 8.11. The van der Waals surface area contributed by atoms with Crippen molar-refractivity contribution in [1.82, 2.24) is 23.1 Å². The van der Waals surface area contributed by atoms with E-state index in [-0.39, 0.29) is 17.8 Å². The predicted octanol–water partition coefficient (Wildman–Crippen LogP) is 1.75. The third-order valence-electron chi connectivity index (χ3n) is 4.51. The molecule has 0 spiro atoms. The zero-order valence-electron chi connectivity index (χ0n) is 14.9. The number of aromatic nitrogens is 5. The van der Waals surface area contributed by atoms with E-state index in [4.69, 9.17) is 0 Å². The first-order chi connectivity index (χ1) is 11.3. The van der Waals surface area contributed by atoms with E-state index < -0.39 is 0 Å². The van der Waals surface area contributed by atoms with Crippen LogP contribution in [0.1, 0.15) is 31.7 Å². The zero-order chi connectivity index (χ0) is 17.8. The van der Waals surface area contributed by atoms with E-state index in [2.05, 4.69) is 23.1 Å². The van der Waals surface area contributed by atoms with E-state index in [1.807, 2.05) is 18.2 Å². The summed E-state index contributed by atoms with van der Waals surface area (Å²) in [6, 6.07) is 0. The molecular weight excluding hydrogens is 306 g/mol. The lowest BCUT2D eigenvalue weighted by molar-refractivity contribution is 0.650. The van der Waals surface area contributed by atoms with Gasteiger partial charge in [0.1, 0.15) is 0 Å². The minimum absolute atomic E-state index is 0.211. The summed E-state index contributed by atoms with van der Waals surface area (Å²) >= 11 is 0. The fraction of sp³-hybridized carbons (Fsp3) is 0.471. The summed E-state index contributed by atoms with van der Waals surface area (Å²) in [6.45, 7) is 12.8. The molecule has 0 amide bonds. The molecular formula is C17H23N5O2. The van der Waals surface area contributed by atoms with Gasteiger partial charge in [-0.2, -0.15) is 4.98 Å². The number of nitrogens with zero attached hydrogens (tertiary/aromatic N) is 5. The molecule has 3 rings (SSSR count). The number of fused-ring (bicyclic) bond motifs is 3. The number of allylic oxidation sites excluding steroid dienone is 1. The van der Waals surface area contributed by atoms with Crippen LogP contribution >= 0.6 is 0 Å². The van der Waals surface area contributed by atoms with Gasteiger partial charge in [-0.1, -0.05) is 19.1 Å². The van der Waals surface area contributed by atoms with Crippen molar-refractivity contribution < 1.29 is 0 Å². The highest BCUT2D eigenvalue weighted by Gasteiger charge is 2.22. The molecule has 0 saturated heterocycles. The highest BCUT2D eigenvalue weighted by molar-refractivity contribution is 5.76. The topological polar surface area (TPSA) is 66.2 Å². The average molecular weight is 329 g/mol. The molecule has 0 N–H and O–H groups in total. The van der Waals surface area contributed by atoms with Crippen molar-refractivity contribution in [2.45, 2.75) is 47.2 Å². The molecule has 3 aromatic heterocycles. The number of hydrogen-bond donors (Lipinski definition) is 0. The van der Waals surface area contributed by atoms with Gasteiger partial charge in [-0.25, -0.2) is 4.79 Å². The first kappa shape index (κ1) is 16.3. The van der Waals surface area contributed by atoms with Crippen LogP contribution in [0.4, 0.5) is 0 Å². The highest BCUT2D eigenvalue weighted by atomic mass is 16.2. The van der Waals surface area contributed by atoms with Gasteiger partial charge < -0.3 is 4.57 Å². The van der Waals surface area contributed by atoms with Crippen molar-refractivity contribution in [2.24, 2.45) is 7.05 Å². The van der Waals surface area contributed by atoms with Crippen LogP contribution in [0, 0.1) is 13.8 Å². The maximum absolute atomic E-state index is 13.0. The Morgan fingerprint density at radius 2 is 1.83 bits per heavy atom. The summed E-state index contributed by atoms with van der Waals surface area (Å²) in [7, 11) is 1.65. The minimum Gasteiger partial charge on any atom is -0.314 e. The maximum atomic E-state index is 13.0. The Hall–Kier alpha value is -2.57. The Balaban J connectivity index is 2.54. The molecule has 3 aromatic rings. The Morgan fingerprint density at radius 3 is 2.42 bits per heavy atom. The predicted molar refractivity (Wildman–Crippen MR) is 94.8 cm³/mol. The largest absolute Gasteiger partial charge is 0.332 e. The van der Waals surface area contributed by atoms with E-state index in [0.717, 1.165) is 29.9 Å². The average Bonchev–Trinajstić information content (AvgIpc) is 3.02. The normalized spacial score (nSPS) is 11.7. The standard InChI is InChI=1S/C17H23N5O2/c1-7-8-20-11(4)12(5)22-13-14(18-16(20)22)19(6)17(24)21(15(13)23)9-10(2)3/h2,7-9H2,1,3-6H3. The van der Waals surface area contributed by atoms with Crippen LogP contribution in [-0.2, 0) is 20.1 Å². The van der Waals surface area contributed by atoms with Crippen LogP contribution < -0.4 is 11.2 Å². The Labute approximate surface area is 139 Å². The lowest BCUT2D eigenvalue weighted by Gasteiger charge is -2.08. The molecule has 128 valence electrons. The molecule has 0 aliphatic carbocycles. The van der Waals surface area contributed by atoms with Gasteiger partial charge in [0.2, 0.25) is 5.78 Å². The Bertz CT molecular complexity index is 1090. The lowest BCUT2D eigenvalue weighted by Crippen LogP contribution is -2.39. The van der Waals surface area contributed by atoms with E-state index >= 15 is 0 Å². The van der Waals surface area contributed by atoms with Crippen LogP contribution in [0.25, 0.3) is 16.9 Å². The second kappa shape index (κ2) is 5.51. The molecule has 7 heteroatoms. The van der Waals surface area contributed by atoms with E-state index in [0.29, 0.717) is 16.9 Å². The zero-order valence-corrected chi connectivity index (χ0v) is 14.9. The van der Waals surface area contributed by atoms with Crippen LogP contribution in [0.2, 0.25) is 0 Å². The van der Waals surface area contributed by atoms with Gasteiger partial charge in [0, 0.05) is 25.0 Å². The molecule has 0 radical (unpaired) electrons. The molecule has 0 bridgehead atoms. The van der Waals surface area contributed by atoms with Crippen molar-refractivity contribution in [1.29, 1.82) is 0 Å². The van der Waals surface area contributed by atoms with Crippen molar-refractivity contribution in [3.8, 4) is 0 Å². The van der Waals surface area contributed by atoms with Gasteiger partial charge in [0.15, 0.2) is 11.2 Å². The van der Waals surface area contributed by atoms with Crippen molar-refractivity contribution in [3.63, 3.8) is 0 Å². The molecule has 0 atom stereocenters. The third kappa shape index (κ3) is 2.07. The molecule has 0 fully saturated rings. The van der Waals surface area contributed by atoms with E-state index in [9.17, 15) is 9.59 Å². The third-order valence-corrected chi connectivity index (χ3v) is 4.51. The summed E-state index contributed by atoms with van der Waals surface area (Å²) in [5, 5.41) is 0. The Kier molecular flexibility index (Phi) is 3.74. The SMILES string of the molecule is C=C(C)Cn1c(=O)c2c(nc3n(CCC)c(C)c(C)n23)n(C)c1=O. The smallest absolute Gasteiger partial charge is 0.314 e. The molecule has 0 saturated carbocycles. The molecule has 0 aliphatic rings. The van der Waals surface area contributed by atoms with Gasteiger partial charge >= 0.3 is 5.69 Å². The summed E-state index contributed by atoms with van der Waals surface area (Å²) in [5.74, 6) is 0.710. The van der Waals surface area contributed by atoms with Crippen molar-refractivity contribution in [2.75, 3.05) is 0 Å². The molecule has 7 nitrogen and oxygen atoms in total. The summed E-state index contributed by atoms with van der Waals surface area (Å²) < 4.78 is 6.64. The first-order valence-electron chi connectivity index (χ1n) is 8.11. The molecule has 0 aliphatic heterocycles. The van der Waals surface area contributed by atoms with Gasteiger partial charge in [-0.05, 0) is 27.2 Å². The Morgan fingerprint density at radius 1 is 1.17 bits per heavy atom. The number of rotatable bonds is 4. The quantitative estimate of drug-likeness (QED) is 0.685. The van der Waals surface area contributed by atoms with Crippen LogP contribution in [0.5, 0.6) is 0 Å². The van der Waals surface area contributed by atoms with Gasteiger partial charge in [0.05, 0.1) is 6.54 Å². The number of imidazole rings is 2. The van der Waals surface area contributed by atoms with Crippen LogP contribution in [0.15, 0.2) is 21.7 Å². The molecule has 24 heavy (non-hydrogen) atoms. The van der Waals surface area contributed by atoms with E-state index in [1.165, 1.54) is 9.13 Å². The van der Waals surface area contributed by atoms with Gasteiger partial charge in [0.25, 0.3) is 5.56 Å². The molecule has 0 aromatic carbocycles. The van der Waals surface area contributed by atoms with Crippen molar-refractivity contribution >= 4 is 16.9 Å². The molecule has 0 unspecified atom stereocenters. The summed E-state index contributed by atoms with van der Waals surface area (Å²) in [6.07, 6.45) is 0.965. The summed E-state index contributed by atoms with van der Waals surface area (Å²) in [5.41, 5.74) is 2.99. The minimum atomic E-state index is -0.368. The second-order valence-corrected chi connectivity index (χ2v) is 6.43. The van der Waals surface area contributed by atoms with Gasteiger partial charge in [-0.3, -0.25) is 18.3 Å². The maximum Gasteiger partial charge on any atom is 0.332 e. The van der Waals surface area contributed by atoms with E-state index in [1.54, 1.807) is 14.0 Å². The monoisotopic (exact) mass is 329 g/mol. The highest BCUT2D eigenvalue weighted by Crippen LogP contribution is 2.20. The fourth-order valence-corrected chi connectivity index (χ4v) is 3.22.